The lowest BCUT2D eigenvalue weighted by Gasteiger charge is -2.20. The van der Waals surface area contributed by atoms with Crippen molar-refractivity contribution in [2.75, 3.05) is 13.2 Å². The van der Waals surface area contributed by atoms with Crippen LogP contribution in [0.1, 0.15) is 29.6 Å². The van der Waals surface area contributed by atoms with E-state index in [-0.39, 0.29) is 19.1 Å². The molecule has 0 unspecified atom stereocenters. The lowest BCUT2D eigenvalue weighted by molar-refractivity contribution is -0.135. The number of carbonyl (C=O) groups is 2. The molecule has 0 aliphatic rings. The van der Waals surface area contributed by atoms with Crippen molar-refractivity contribution in [3.05, 3.63) is 64.5 Å². The number of carbonyl (C=O) groups excluding carboxylic acids is 2. The number of esters is 1. The number of ether oxygens (including phenoxy) is 1. The molecule has 0 saturated heterocycles. The number of halogens is 1. The second-order valence-corrected chi connectivity index (χ2v) is 8.25. The summed E-state index contributed by atoms with van der Waals surface area (Å²) in [6, 6.07) is 12.1. The molecule has 0 aliphatic heterocycles. The van der Waals surface area contributed by atoms with Crippen LogP contribution in [0.2, 0.25) is 5.15 Å². The lowest BCUT2D eigenvalue weighted by Crippen LogP contribution is -2.35. The second kappa shape index (κ2) is 9.88. The molecule has 32 heavy (non-hydrogen) atoms. The van der Waals surface area contributed by atoms with Crippen LogP contribution in [0.4, 0.5) is 0 Å². The van der Waals surface area contributed by atoms with Gasteiger partial charge in [-0.3, -0.25) is 4.79 Å². The molecule has 1 aromatic carbocycles. The highest BCUT2D eigenvalue weighted by molar-refractivity contribution is 7.13. The van der Waals surface area contributed by atoms with E-state index in [1.807, 2.05) is 24.4 Å². The quantitative estimate of drug-likeness (QED) is 0.274. The average molecular weight is 471 g/mol. The highest BCUT2D eigenvalue weighted by Gasteiger charge is 2.20. The summed E-state index contributed by atoms with van der Waals surface area (Å²) in [6.45, 7) is 2.18. The number of benzene rings is 1. The van der Waals surface area contributed by atoms with Gasteiger partial charge in [-0.1, -0.05) is 24.6 Å². The Bertz CT molecular complexity index is 1240. The zero-order valence-electron chi connectivity index (χ0n) is 17.2. The van der Waals surface area contributed by atoms with Crippen molar-refractivity contribution in [2.24, 2.45) is 0 Å². The number of thiophene rings is 1. The molecule has 3 aromatic heterocycles. The minimum atomic E-state index is -0.593. The molecule has 0 saturated carbocycles. The predicted molar refractivity (Wildman–Crippen MR) is 120 cm³/mol. The van der Waals surface area contributed by atoms with Crippen LogP contribution in [0, 0.1) is 0 Å². The van der Waals surface area contributed by atoms with Crippen molar-refractivity contribution in [2.45, 2.75) is 19.9 Å². The minimum absolute atomic E-state index is 0.144. The van der Waals surface area contributed by atoms with Crippen molar-refractivity contribution in [1.29, 1.82) is 0 Å². The van der Waals surface area contributed by atoms with Crippen LogP contribution in [-0.2, 0) is 16.1 Å². The summed E-state index contributed by atoms with van der Waals surface area (Å²) in [5.41, 5.74) is 0.995. The maximum absolute atomic E-state index is 12.7. The molecule has 0 spiro atoms. The third-order valence-corrected chi connectivity index (χ3v) is 5.66. The van der Waals surface area contributed by atoms with E-state index in [9.17, 15) is 9.59 Å². The maximum Gasteiger partial charge on any atom is 0.338 e. The summed E-state index contributed by atoms with van der Waals surface area (Å²) in [5, 5.41) is 11.1. The Morgan fingerprint density at radius 2 is 2.06 bits per heavy atom. The molecule has 8 nitrogen and oxygen atoms in total. The van der Waals surface area contributed by atoms with Crippen molar-refractivity contribution < 1.29 is 18.7 Å². The third-order valence-electron chi connectivity index (χ3n) is 4.59. The van der Waals surface area contributed by atoms with Crippen LogP contribution in [0.15, 0.2) is 52.3 Å². The number of aromatic nitrogens is 3. The predicted octanol–water partition coefficient (Wildman–Crippen LogP) is 4.60. The molecule has 0 N–H and O–H groups in total. The molecule has 0 fully saturated rings. The highest BCUT2D eigenvalue weighted by atomic mass is 35.5. The van der Waals surface area contributed by atoms with E-state index in [0.717, 1.165) is 16.7 Å². The largest absolute Gasteiger partial charge is 0.452 e. The van der Waals surface area contributed by atoms with E-state index in [2.05, 4.69) is 15.2 Å². The number of rotatable bonds is 8. The van der Waals surface area contributed by atoms with Crippen molar-refractivity contribution in [3.63, 3.8) is 0 Å². The number of hydrogen-bond donors (Lipinski definition) is 0. The number of hydrogen-bond acceptors (Lipinski definition) is 8. The van der Waals surface area contributed by atoms with E-state index in [1.54, 1.807) is 30.3 Å². The van der Waals surface area contributed by atoms with Gasteiger partial charge in [-0.25, -0.2) is 9.78 Å². The van der Waals surface area contributed by atoms with Crippen LogP contribution in [-0.4, -0.2) is 45.1 Å². The molecule has 0 aliphatic carbocycles. The van der Waals surface area contributed by atoms with E-state index < -0.39 is 5.97 Å². The molecular weight excluding hydrogens is 452 g/mol. The number of nitrogens with zero attached hydrogens (tertiary/aromatic N) is 4. The highest BCUT2D eigenvalue weighted by Crippen LogP contribution is 2.23. The third kappa shape index (κ3) is 5.12. The van der Waals surface area contributed by atoms with Crippen molar-refractivity contribution in [3.8, 4) is 10.8 Å². The minimum Gasteiger partial charge on any atom is -0.452 e. The second-order valence-electron chi connectivity index (χ2n) is 6.91. The summed E-state index contributed by atoms with van der Waals surface area (Å²) in [5.74, 6) is -0.200. The van der Waals surface area contributed by atoms with Crippen molar-refractivity contribution in [1.82, 2.24) is 20.1 Å². The first kappa shape index (κ1) is 21.9. The van der Waals surface area contributed by atoms with Gasteiger partial charge in [0, 0.05) is 11.9 Å². The van der Waals surface area contributed by atoms with E-state index >= 15 is 0 Å². The van der Waals surface area contributed by atoms with Crippen LogP contribution in [0.5, 0.6) is 0 Å². The first-order valence-corrected chi connectivity index (χ1v) is 11.2. The molecule has 0 atom stereocenters. The molecule has 3 heterocycles. The van der Waals surface area contributed by atoms with Gasteiger partial charge >= 0.3 is 5.97 Å². The average Bonchev–Trinajstić information content (AvgIpc) is 3.48. The molecule has 0 radical (unpaired) electrons. The van der Waals surface area contributed by atoms with E-state index in [1.165, 1.54) is 16.2 Å². The molecular formula is C22H19ClN4O4S. The number of fused-ring (bicyclic) bond motifs is 1. The molecule has 10 heteroatoms. The van der Waals surface area contributed by atoms with E-state index in [0.29, 0.717) is 34.6 Å². The topological polar surface area (TPSA) is 98.4 Å². The Labute approximate surface area is 192 Å². The normalized spacial score (nSPS) is 10.9. The first-order valence-electron chi connectivity index (χ1n) is 9.91. The van der Waals surface area contributed by atoms with Gasteiger partial charge in [0.2, 0.25) is 5.89 Å². The molecule has 164 valence electrons. The van der Waals surface area contributed by atoms with Gasteiger partial charge in [-0.2, -0.15) is 0 Å². The summed E-state index contributed by atoms with van der Waals surface area (Å²) in [6.07, 6.45) is 0.728. The van der Waals surface area contributed by atoms with Gasteiger partial charge in [0.15, 0.2) is 6.61 Å². The fourth-order valence-corrected chi connectivity index (χ4v) is 3.87. The Kier molecular flexibility index (Phi) is 6.77. The number of amides is 1. The van der Waals surface area contributed by atoms with Gasteiger partial charge in [0.1, 0.15) is 5.15 Å². The van der Waals surface area contributed by atoms with Crippen LogP contribution in [0.3, 0.4) is 0 Å². The fourth-order valence-electron chi connectivity index (χ4n) is 3.07. The first-order chi connectivity index (χ1) is 15.5. The zero-order chi connectivity index (χ0) is 22.5. The monoisotopic (exact) mass is 470 g/mol. The Hall–Kier alpha value is -3.30. The van der Waals surface area contributed by atoms with Crippen LogP contribution in [0.25, 0.3) is 21.7 Å². The smallest absolute Gasteiger partial charge is 0.338 e. The zero-order valence-corrected chi connectivity index (χ0v) is 18.7. The Morgan fingerprint density at radius 1 is 1.19 bits per heavy atom. The SMILES string of the molecule is CCCN(Cc1nnc(-c2cccs2)o1)C(=O)COC(=O)c1ccc2nc(Cl)ccc2c1. The lowest BCUT2D eigenvalue weighted by atomic mass is 10.1. The van der Waals surface area contributed by atoms with Gasteiger partial charge in [-0.15, -0.1) is 21.5 Å². The molecule has 0 bridgehead atoms. The summed E-state index contributed by atoms with van der Waals surface area (Å²) >= 11 is 7.38. The van der Waals surface area contributed by atoms with Gasteiger partial charge < -0.3 is 14.1 Å². The maximum atomic E-state index is 12.7. The van der Waals surface area contributed by atoms with Gasteiger partial charge in [-0.05, 0) is 48.2 Å². The molecule has 4 rings (SSSR count). The van der Waals surface area contributed by atoms with Crippen LogP contribution >= 0.6 is 22.9 Å². The number of pyridine rings is 1. The standard InChI is InChI=1S/C22H19ClN4O4S/c1-2-9-27(12-19-25-26-21(31-19)17-4-3-10-32-17)20(28)13-30-22(29)15-5-7-16-14(11-15)6-8-18(23)24-16/h3-8,10-11H,2,9,12-13H2,1H3. The Balaban J connectivity index is 1.38. The van der Waals surface area contributed by atoms with E-state index in [4.69, 9.17) is 20.8 Å². The summed E-state index contributed by atoms with van der Waals surface area (Å²) in [7, 11) is 0. The van der Waals surface area contributed by atoms with Crippen LogP contribution < -0.4 is 0 Å². The summed E-state index contributed by atoms with van der Waals surface area (Å²) < 4.78 is 10.9. The Morgan fingerprint density at radius 3 is 2.84 bits per heavy atom. The van der Waals surface area contributed by atoms with Gasteiger partial charge in [0.25, 0.3) is 11.8 Å². The van der Waals surface area contributed by atoms with Gasteiger partial charge in [0.05, 0.1) is 22.5 Å². The molecule has 4 aromatic rings. The van der Waals surface area contributed by atoms with Crippen molar-refractivity contribution >= 4 is 45.7 Å². The summed E-state index contributed by atoms with van der Waals surface area (Å²) in [4.78, 5) is 31.7. The molecule has 1 amide bonds. The fraction of sp³-hybridized carbons (Fsp3) is 0.227.